The maximum absolute atomic E-state index is 6.50. The summed E-state index contributed by atoms with van der Waals surface area (Å²) in [5.41, 5.74) is 16.0. The van der Waals surface area contributed by atoms with Gasteiger partial charge < -0.3 is 13.7 Å². The van der Waals surface area contributed by atoms with E-state index in [1.54, 1.807) is 0 Å². The zero-order valence-corrected chi connectivity index (χ0v) is 31.0. The monoisotopic (exact) mass is 729 g/mol. The summed E-state index contributed by atoms with van der Waals surface area (Å²) in [6.45, 7) is 0. The first kappa shape index (κ1) is 32.8. The van der Waals surface area contributed by atoms with Crippen molar-refractivity contribution in [1.82, 2.24) is 0 Å². The summed E-state index contributed by atoms with van der Waals surface area (Å²) in [5.74, 6) is 0. The van der Waals surface area contributed by atoms with E-state index in [1.165, 1.54) is 22.3 Å². The van der Waals surface area contributed by atoms with Crippen LogP contribution in [0.1, 0.15) is 0 Å². The van der Waals surface area contributed by atoms with Crippen LogP contribution in [0, 0.1) is 0 Å². The van der Waals surface area contributed by atoms with Crippen LogP contribution in [-0.4, -0.2) is 0 Å². The van der Waals surface area contributed by atoms with Gasteiger partial charge in [0.1, 0.15) is 22.3 Å². The molecule has 268 valence electrons. The van der Waals surface area contributed by atoms with Crippen LogP contribution in [0.15, 0.2) is 221 Å². The molecule has 0 N–H and O–H groups in total. The molecular weight excluding hydrogens is 695 g/mol. The molecule has 0 unspecified atom stereocenters. The van der Waals surface area contributed by atoms with Gasteiger partial charge in [-0.1, -0.05) is 152 Å². The number of benzene rings is 9. The number of fused-ring (bicyclic) bond motifs is 7. The average Bonchev–Trinajstić information content (AvgIpc) is 3.86. The summed E-state index contributed by atoms with van der Waals surface area (Å²) < 4.78 is 12.7. The second-order valence-corrected chi connectivity index (χ2v) is 14.5. The van der Waals surface area contributed by atoms with E-state index in [0.717, 1.165) is 83.2 Å². The number of rotatable bonds is 7. The van der Waals surface area contributed by atoms with Crippen molar-refractivity contribution in [1.29, 1.82) is 0 Å². The number of furan rings is 2. The maximum Gasteiger partial charge on any atom is 0.136 e. The van der Waals surface area contributed by atoms with E-state index in [2.05, 4.69) is 193 Å². The predicted molar refractivity (Wildman–Crippen MR) is 237 cm³/mol. The Hall–Kier alpha value is -7.62. The molecule has 0 aliphatic heterocycles. The van der Waals surface area contributed by atoms with Gasteiger partial charge in [0.15, 0.2) is 0 Å². The molecular formula is C54H35NO2. The van der Waals surface area contributed by atoms with Crippen molar-refractivity contribution in [3.63, 3.8) is 0 Å². The van der Waals surface area contributed by atoms with Gasteiger partial charge >= 0.3 is 0 Å². The lowest BCUT2D eigenvalue weighted by Gasteiger charge is -2.28. The molecule has 0 bridgehead atoms. The first-order valence-electron chi connectivity index (χ1n) is 19.3. The number of nitrogens with zero attached hydrogens (tertiary/aromatic N) is 1. The summed E-state index contributed by atoms with van der Waals surface area (Å²) in [7, 11) is 0. The van der Waals surface area contributed by atoms with E-state index < -0.39 is 0 Å². The van der Waals surface area contributed by atoms with Gasteiger partial charge in [0.2, 0.25) is 0 Å². The second kappa shape index (κ2) is 13.6. The first-order valence-corrected chi connectivity index (χ1v) is 19.3. The zero-order valence-electron chi connectivity index (χ0n) is 31.0. The smallest absolute Gasteiger partial charge is 0.136 e. The van der Waals surface area contributed by atoms with Crippen LogP contribution < -0.4 is 4.90 Å². The van der Waals surface area contributed by atoms with Gasteiger partial charge in [-0.25, -0.2) is 0 Å². The summed E-state index contributed by atoms with van der Waals surface area (Å²) in [5, 5.41) is 4.38. The van der Waals surface area contributed by atoms with Crippen molar-refractivity contribution in [3.8, 4) is 44.5 Å². The largest absolute Gasteiger partial charge is 0.456 e. The zero-order chi connectivity index (χ0) is 37.7. The molecule has 0 radical (unpaired) electrons. The molecule has 9 aromatic carbocycles. The summed E-state index contributed by atoms with van der Waals surface area (Å²) in [4.78, 5) is 2.36. The number of hydrogen-bond acceptors (Lipinski definition) is 3. The third kappa shape index (κ3) is 5.76. The fourth-order valence-electron chi connectivity index (χ4n) is 8.31. The van der Waals surface area contributed by atoms with Gasteiger partial charge in [0.05, 0.1) is 5.69 Å². The highest BCUT2D eigenvalue weighted by Gasteiger charge is 2.19. The molecule has 11 rings (SSSR count). The SMILES string of the molecule is c1ccc(-c2ccc(-c3ccccc3N(c3ccc(-c4ccccc4)cc3)c3ccc(-c4ccc5c(c4)oc4ccc6oc7ccccc7c6c45)cc3)cc2)cc1. The first-order chi connectivity index (χ1) is 28.2. The summed E-state index contributed by atoms with van der Waals surface area (Å²) >= 11 is 0. The molecule has 0 saturated heterocycles. The molecule has 11 aromatic rings. The van der Waals surface area contributed by atoms with Crippen LogP contribution >= 0.6 is 0 Å². The van der Waals surface area contributed by atoms with Gasteiger partial charge in [-0.05, 0) is 99.6 Å². The standard InChI is InChI=1S/C54H35NO2/c1-3-11-36(12-4-1)38-19-21-41(22-20-38)45-15-7-9-17-48(45)55(43-28-23-39(24-29-43)37-13-5-2-6-14-37)44-30-25-40(26-31-44)42-27-32-47-52(35-42)57-51-34-33-50-53(54(47)51)46-16-8-10-18-49(46)56-50/h1-35H. The maximum atomic E-state index is 6.50. The Kier molecular flexibility index (Phi) is 7.82. The highest BCUT2D eigenvalue weighted by molar-refractivity contribution is 6.25. The van der Waals surface area contributed by atoms with Crippen molar-refractivity contribution < 1.29 is 8.83 Å². The Bertz CT molecular complexity index is 3200. The minimum absolute atomic E-state index is 0.858. The van der Waals surface area contributed by atoms with E-state index in [1.807, 2.05) is 24.3 Å². The van der Waals surface area contributed by atoms with Crippen LogP contribution in [0.5, 0.6) is 0 Å². The molecule has 2 heterocycles. The minimum Gasteiger partial charge on any atom is -0.456 e. The predicted octanol–water partition coefficient (Wildman–Crippen LogP) is 15.6. The van der Waals surface area contributed by atoms with E-state index >= 15 is 0 Å². The van der Waals surface area contributed by atoms with Crippen molar-refractivity contribution >= 4 is 60.9 Å². The Balaban J connectivity index is 0.993. The lowest BCUT2D eigenvalue weighted by molar-refractivity contribution is 0.663. The van der Waals surface area contributed by atoms with Crippen LogP contribution in [0.4, 0.5) is 17.1 Å². The highest BCUT2D eigenvalue weighted by Crippen LogP contribution is 2.44. The molecule has 3 nitrogen and oxygen atoms in total. The highest BCUT2D eigenvalue weighted by atomic mass is 16.3. The molecule has 0 atom stereocenters. The van der Waals surface area contributed by atoms with E-state index in [4.69, 9.17) is 8.83 Å². The Morgan fingerprint density at radius 1 is 0.281 bits per heavy atom. The quantitative estimate of drug-likeness (QED) is 0.164. The van der Waals surface area contributed by atoms with Crippen LogP contribution in [0.3, 0.4) is 0 Å². The molecule has 0 spiro atoms. The second-order valence-electron chi connectivity index (χ2n) is 14.5. The molecule has 3 heteroatoms. The Morgan fingerprint density at radius 3 is 1.35 bits per heavy atom. The van der Waals surface area contributed by atoms with Crippen molar-refractivity contribution in [2.45, 2.75) is 0 Å². The van der Waals surface area contributed by atoms with Crippen LogP contribution in [0.25, 0.3) is 88.4 Å². The molecule has 0 saturated carbocycles. The van der Waals surface area contributed by atoms with Gasteiger partial charge in [0, 0.05) is 38.5 Å². The van der Waals surface area contributed by atoms with Crippen molar-refractivity contribution in [2.75, 3.05) is 4.90 Å². The van der Waals surface area contributed by atoms with Gasteiger partial charge in [-0.2, -0.15) is 0 Å². The van der Waals surface area contributed by atoms with Crippen molar-refractivity contribution in [3.05, 3.63) is 212 Å². The normalized spacial score (nSPS) is 11.5. The number of hydrogen-bond donors (Lipinski definition) is 0. The lowest BCUT2D eigenvalue weighted by atomic mass is 9.98. The molecule has 2 aromatic heterocycles. The molecule has 57 heavy (non-hydrogen) atoms. The van der Waals surface area contributed by atoms with E-state index in [0.29, 0.717) is 0 Å². The molecule has 0 fully saturated rings. The third-order valence-electron chi connectivity index (χ3n) is 11.1. The third-order valence-corrected chi connectivity index (χ3v) is 11.1. The van der Waals surface area contributed by atoms with Crippen molar-refractivity contribution in [2.24, 2.45) is 0 Å². The number of para-hydroxylation sites is 2. The van der Waals surface area contributed by atoms with Gasteiger partial charge in [-0.15, -0.1) is 0 Å². The topological polar surface area (TPSA) is 29.5 Å². The average molecular weight is 730 g/mol. The molecule has 0 amide bonds. The summed E-state index contributed by atoms with van der Waals surface area (Å²) in [6, 6.07) is 75.2. The number of anilines is 3. The van der Waals surface area contributed by atoms with E-state index in [-0.39, 0.29) is 0 Å². The van der Waals surface area contributed by atoms with Gasteiger partial charge in [-0.3, -0.25) is 0 Å². The fraction of sp³-hybridized carbons (Fsp3) is 0. The minimum atomic E-state index is 0.858. The van der Waals surface area contributed by atoms with Crippen LogP contribution in [-0.2, 0) is 0 Å². The Morgan fingerprint density at radius 2 is 0.719 bits per heavy atom. The lowest BCUT2D eigenvalue weighted by Crippen LogP contribution is -2.11. The molecule has 0 aliphatic carbocycles. The molecule has 0 aliphatic rings. The summed E-state index contributed by atoms with van der Waals surface area (Å²) in [6.07, 6.45) is 0. The Labute approximate surface area is 330 Å². The van der Waals surface area contributed by atoms with E-state index in [9.17, 15) is 0 Å². The fourth-order valence-corrected chi connectivity index (χ4v) is 8.31. The van der Waals surface area contributed by atoms with Crippen LogP contribution in [0.2, 0.25) is 0 Å². The van der Waals surface area contributed by atoms with Gasteiger partial charge in [0.25, 0.3) is 0 Å².